The van der Waals surface area contributed by atoms with Crippen LogP contribution < -0.4 is 0 Å². The van der Waals surface area contributed by atoms with Crippen molar-refractivity contribution in [3.63, 3.8) is 0 Å². The number of ether oxygens (including phenoxy) is 6. The number of methoxy groups -OCH3 is 3. The summed E-state index contributed by atoms with van der Waals surface area (Å²) in [5.41, 5.74) is 0. The van der Waals surface area contributed by atoms with Gasteiger partial charge in [-0.2, -0.15) is 0 Å². The van der Waals surface area contributed by atoms with Crippen molar-refractivity contribution in [3.05, 3.63) is 0 Å². The fourth-order valence-electron chi connectivity index (χ4n) is 3.56. The molecular weight excluding hydrogens is 500 g/mol. The van der Waals surface area contributed by atoms with Gasteiger partial charge >= 0.3 is 5.97 Å². The van der Waals surface area contributed by atoms with E-state index in [2.05, 4.69) is 8.37 Å². The number of aliphatic carboxylic acids is 1. The van der Waals surface area contributed by atoms with Crippen LogP contribution in [0.4, 0.5) is 0 Å². The summed E-state index contributed by atoms with van der Waals surface area (Å²) in [5.74, 6) is -1.48. The molecule has 2 saturated heterocycles. The quantitative estimate of drug-likeness (QED) is 0.215. The highest BCUT2D eigenvalue weighted by Gasteiger charge is 2.51. The van der Waals surface area contributed by atoms with Crippen LogP contribution in [0, 0.1) is 0 Å². The Bertz CT molecular complexity index is 859. The van der Waals surface area contributed by atoms with Gasteiger partial charge in [0.1, 0.15) is 24.4 Å². The van der Waals surface area contributed by atoms with E-state index in [9.17, 15) is 35.8 Å². The second-order valence-corrected chi connectivity index (χ2v) is 9.01. The van der Waals surface area contributed by atoms with Crippen LogP contribution in [0.1, 0.15) is 6.42 Å². The van der Waals surface area contributed by atoms with E-state index in [-0.39, 0.29) is 13.2 Å². The summed E-state index contributed by atoms with van der Waals surface area (Å²) in [6, 6.07) is 0. The van der Waals surface area contributed by atoms with E-state index in [0.717, 1.165) is 0 Å². The lowest BCUT2D eigenvalue weighted by Gasteiger charge is -2.45. The van der Waals surface area contributed by atoms with Crippen LogP contribution in [-0.2, 0) is 62.4 Å². The topological polar surface area (TPSA) is 226 Å². The van der Waals surface area contributed by atoms with Crippen molar-refractivity contribution in [3.8, 4) is 0 Å². The maximum absolute atomic E-state index is 11.7. The molecule has 2 heterocycles. The summed E-state index contributed by atoms with van der Waals surface area (Å²) in [7, 11) is -7.12. The summed E-state index contributed by atoms with van der Waals surface area (Å²) in [6.45, 7) is -0.397. The zero-order chi connectivity index (χ0) is 25.0. The molecule has 0 spiro atoms. The van der Waals surface area contributed by atoms with Gasteiger partial charge in [-0.15, -0.1) is 0 Å². The first-order valence-electron chi connectivity index (χ1n) is 9.27. The summed E-state index contributed by atoms with van der Waals surface area (Å²) in [5, 5.41) is 9.52. The monoisotopic (exact) mass is 524 g/mol. The molecular formula is C15H24O16S2-2. The number of carboxylic acid groups (broad SMARTS) is 1. The van der Waals surface area contributed by atoms with E-state index < -0.39 is 82.2 Å². The molecule has 194 valence electrons. The molecule has 2 aliphatic rings. The fourth-order valence-corrected chi connectivity index (χ4v) is 4.54. The van der Waals surface area contributed by atoms with Crippen LogP contribution in [0.3, 0.4) is 0 Å². The lowest BCUT2D eigenvalue weighted by Crippen LogP contribution is -2.62. The minimum Gasteiger partial charge on any atom is -0.726 e. The standard InChI is InChI=1S/C15H26O16S2/c1-24-5-7-4-8(30-32(18,19)20)11(31-33(21,22)23)15(28-7)29-12-10(26-3)9(25-2)6-27-13(12)14(16)17/h7-13,15H,4-6H2,1-3H3,(H,16,17)(H,18,19,20)(H,21,22,23)/p-2/t7?,8?,9?,10?,11?,12-,13?,15+/m1/s1. The smallest absolute Gasteiger partial charge is 0.335 e. The molecule has 0 aromatic rings. The van der Waals surface area contributed by atoms with E-state index in [1.54, 1.807) is 0 Å². The molecule has 0 radical (unpaired) electrons. The van der Waals surface area contributed by atoms with Crippen molar-refractivity contribution >= 4 is 26.8 Å². The molecule has 0 amide bonds. The fraction of sp³-hybridized carbons (Fsp3) is 0.933. The Hall–Kier alpha value is -1.03. The first-order chi connectivity index (χ1) is 15.3. The van der Waals surface area contributed by atoms with Gasteiger partial charge in [-0.05, 0) is 0 Å². The minimum absolute atomic E-state index is 0.196. The number of carboxylic acids is 1. The maximum Gasteiger partial charge on any atom is 0.335 e. The molecule has 6 unspecified atom stereocenters. The van der Waals surface area contributed by atoms with Crippen LogP contribution in [0.25, 0.3) is 0 Å². The second-order valence-electron chi connectivity index (χ2n) is 7.00. The first-order valence-corrected chi connectivity index (χ1v) is 11.9. The van der Waals surface area contributed by atoms with E-state index in [1.165, 1.54) is 21.3 Å². The molecule has 2 rings (SSSR count). The highest BCUT2D eigenvalue weighted by atomic mass is 32.3. The molecule has 0 aromatic carbocycles. The van der Waals surface area contributed by atoms with Crippen molar-refractivity contribution in [2.24, 2.45) is 0 Å². The first kappa shape index (κ1) is 28.2. The van der Waals surface area contributed by atoms with Crippen molar-refractivity contribution in [1.29, 1.82) is 0 Å². The number of hydrogen-bond donors (Lipinski definition) is 1. The highest BCUT2D eigenvalue weighted by Crippen LogP contribution is 2.32. The van der Waals surface area contributed by atoms with Gasteiger partial charge in [0.15, 0.2) is 18.5 Å². The molecule has 0 aromatic heterocycles. The molecule has 8 atom stereocenters. The minimum atomic E-state index is -5.50. The normalized spacial score (nSPS) is 35.9. The number of carbonyl (C=O) groups is 1. The average Bonchev–Trinajstić information content (AvgIpc) is 2.68. The van der Waals surface area contributed by atoms with Crippen LogP contribution in [-0.4, -0.2) is 121 Å². The average molecular weight is 524 g/mol. The molecule has 0 aliphatic carbocycles. The van der Waals surface area contributed by atoms with E-state index >= 15 is 0 Å². The molecule has 0 saturated carbocycles. The third-order valence-electron chi connectivity index (χ3n) is 4.82. The largest absolute Gasteiger partial charge is 0.726 e. The zero-order valence-electron chi connectivity index (χ0n) is 17.6. The number of hydrogen-bond acceptors (Lipinski definition) is 15. The maximum atomic E-state index is 11.7. The molecule has 16 nitrogen and oxygen atoms in total. The number of rotatable bonds is 11. The van der Waals surface area contributed by atoms with Crippen LogP contribution in [0.15, 0.2) is 0 Å². The van der Waals surface area contributed by atoms with Gasteiger partial charge in [0, 0.05) is 27.8 Å². The van der Waals surface area contributed by atoms with Crippen molar-refractivity contribution in [2.45, 2.75) is 55.4 Å². The molecule has 18 heteroatoms. The van der Waals surface area contributed by atoms with Crippen LogP contribution >= 0.6 is 0 Å². The van der Waals surface area contributed by atoms with Gasteiger partial charge in [0.05, 0.1) is 19.3 Å². The van der Waals surface area contributed by atoms with Gasteiger partial charge in [-0.25, -0.2) is 21.6 Å². The summed E-state index contributed by atoms with van der Waals surface area (Å²) in [4.78, 5) is 11.7. The predicted octanol–water partition coefficient (Wildman–Crippen LogP) is -2.66. The van der Waals surface area contributed by atoms with Gasteiger partial charge in [0.2, 0.25) is 20.8 Å². The van der Waals surface area contributed by atoms with Crippen molar-refractivity contribution in [2.75, 3.05) is 34.5 Å². The highest BCUT2D eigenvalue weighted by molar-refractivity contribution is 7.81. The second kappa shape index (κ2) is 11.6. The predicted molar refractivity (Wildman–Crippen MR) is 98.1 cm³/mol. The van der Waals surface area contributed by atoms with Gasteiger partial charge in [-0.3, -0.25) is 8.37 Å². The van der Waals surface area contributed by atoms with E-state index in [1.807, 2.05) is 0 Å². The summed E-state index contributed by atoms with van der Waals surface area (Å²) in [6.07, 6.45) is -12.5. The molecule has 2 aliphatic heterocycles. The molecule has 0 bridgehead atoms. The van der Waals surface area contributed by atoms with E-state index in [0.29, 0.717) is 0 Å². The third kappa shape index (κ3) is 8.01. The van der Waals surface area contributed by atoms with Gasteiger partial charge < -0.3 is 42.6 Å². The van der Waals surface area contributed by atoms with E-state index in [4.69, 9.17) is 28.4 Å². The Labute approximate surface area is 189 Å². The molecule has 33 heavy (non-hydrogen) atoms. The Balaban J connectivity index is 2.45. The Kier molecular flexibility index (Phi) is 9.92. The molecule has 2 fully saturated rings. The lowest BCUT2D eigenvalue weighted by molar-refractivity contribution is -0.313. The summed E-state index contributed by atoms with van der Waals surface area (Å²) >= 11 is 0. The Morgan fingerprint density at radius 2 is 1.61 bits per heavy atom. The summed E-state index contributed by atoms with van der Waals surface area (Å²) < 4.78 is 108. The third-order valence-corrected chi connectivity index (χ3v) is 5.76. The van der Waals surface area contributed by atoms with Crippen molar-refractivity contribution in [1.82, 2.24) is 0 Å². The van der Waals surface area contributed by atoms with Gasteiger partial charge in [-0.1, -0.05) is 0 Å². The SMILES string of the molecule is COCC1CC(OS(=O)(=O)[O-])C(OS(=O)(=O)[O-])[C@H](O[C@H]2C(C(=O)O)OCC(OC)C2OC)O1. The Morgan fingerprint density at radius 3 is 2.09 bits per heavy atom. The molecule has 1 N–H and O–H groups in total. The van der Waals surface area contributed by atoms with Crippen molar-refractivity contribution < 1.29 is 72.6 Å². The Morgan fingerprint density at radius 1 is 0.970 bits per heavy atom. The van der Waals surface area contributed by atoms with Gasteiger partial charge in [0.25, 0.3) is 0 Å². The zero-order valence-corrected chi connectivity index (χ0v) is 19.3. The van der Waals surface area contributed by atoms with Crippen LogP contribution in [0.2, 0.25) is 0 Å². The lowest BCUT2D eigenvalue weighted by atomic mass is 9.98. The van der Waals surface area contributed by atoms with Crippen LogP contribution in [0.5, 0.6) is 0 Å².